The van der Waals surface area contributed by atoms with Crippen LogP contribution in [0.5, 0.6) is 0 Å². The number of amides is 2. The van der Waals surface area contributed by atoms with Crippen molar-refractivity contribution in [1.29, 1.82) is 0 Å². The van der Waals surface area contributed by atoms with E-state index in [0.717, 1.165) is 11.1 Å². The van der Waals surface area contributed by atoms with Gasteiger partial charge in [-0.05, 0) is 41.0 Å². The number of alkyl carbamates (subject to hydrolysis) is 1. The molecule has 2 amide bonds. The predicted octanol–water partition coefficient (Wildman–Crippen LogP) is 3.71. The Hall–Kier alpha value is -4.08. The second-order valence-corrected chi connectivity index (χ2v) is 10.4. The van der Waals surface area contributed by atoms with Gasteiger partial charge in [-0.15, -0.1) is 10.2 Å². The van der Waals surface area contributed by atoms with Crippen molar-refractivity contribution in [3.63, 3.8) is 0 Å². The fraction of sp³-hybridized carbons (Fsp3) is 0.448. The SMILES string of the molecule is CC(C)C[C@H](NC(=O)[C@H](CC(C)C)NC(=O)OCc1ccccc1)C(=O)Cn1nnc(Cc2ccccc2)n1. The second kappa shape index (κ2) is 14.8. The number of ether oxygens (including phenoxy) is 1. The molecule has 3 rings (SSSR count). The van der Waals surface area contributed by atoms with Crippen molar-refractivity contribution in [2.45, 2.75) is 72.2 Å². The lowest BCUT2D eigenvalue weighted by atomic mass is 9.98. The number of nitrogens with one attached hydrogen (secondary N) is 2. The van der Waals surface area contributed by atoms with Crippen molar-refractivity contribution in [3.05, 3.63) is 77.6 Å². The van der Waals surface area contributed by atoms with Gasteiger partial charge in [0.05, 0.1) is 6.04 Å². The molecular weight excluding hydrogens is 496 g/mol. The van der Waals surface area contributed by atoms with E-state index in [9.17, 15) is 14.4 Å². The van der Waals surface area contributed by atoms with Gasteiger partial charge in [-0.25, -0.2) is 4.79 Å². The zero-order chi connectivity index (χ0) is 28.2. The van der Waals surface area contributed by atoms with Crippen LogP contribution in [0.3, 0.4) is 0 Å². The van der Waals surface area contributed by atoms with Crippen LogP contribution in [0.15, 0.2) is 60.7 Å². The molecule has 10 nitrogen and oxygen atoms in total. The Morgan fingerprint density at radius 1 is 0.821 bits per heavy atom. The summed E-state index contributed by atoms with van der Waals surface area (Å²) in [6, 6.07) is 17.4. The summed E-state index contributed by atoms with van der Waals surface area (Å²) in [6.07, 6.45) is 0.638. The quantitative estimate of drug-likeness (QED) is 0.323. The molecule has 1 aromatic heterocycles. The molecule has 10 heteroatoms. The molecule has 0 fully saturated rings. The van der Waals surface area contributed by atoms with Gasteiger partial charge in [-0.2, -0.15) is 4.80 Å². The van der Waals surface area contributed by atoms with Gasteiger partial charge in [0.1, 0.15) is 19.2 Å². The van der Waals surface area contributed by atoms with Crippen LogP contribution in [0.25, 0.3) is 0 Å². The highest BCUT2D eigenvalue weighted by atomic mass is 16.5. The van der Waals surface area contributed by atoms with E-state index in [0.29, 0.717) is 25.1 Å². The highest BCUT2D eigenvalue weighted by Gasteiger charge is 2.28. The molecule has 39 heavy (non-hydrogen) atoms. The highest BCUT2D eigenvalue weighted by Crippen LogP contribution is 2.11. The van der Waals surface area contributed by atoms with E-state index >= 15 is 0 Å². The van der Waals surface area contributed by atoms with Gasteiger partial charge in [0.2, 0.25) is 5.91 Å². The maximum atomic E-state index is 13.3. The number of tetrazole rings is 1. The van der Waals surface area contributed by atoms with Gasteiger partial charge >= 0.3 is 6.09 Å². The van der Waals surface area contributed by atoms with Crippen molar-refractivity contribution >= 4 is 17.8 Å². The van der Waals surface area contributed by atoms with E-state index in [1.54, 1.807) is 0 Å². The van der Waals surface area contributed by atoms with E-state index in [2.05, 4.69) is 26.0 Å². The molecule has 0 unspecified atom stereocenters. The lowest BCUT2D eigenvalue weighted by molar-refractivity contribution is -0.130. The molecule has 0 aliphatic heterocycles. The summed E-state index contributed by atoms with van der Waals surface area (Å²) < 4.78 is 5.31. The maximum absolute atomic E-state index is 13.3. The Morgan fingerprint density at radius 2 is 1.41 bits per heavy atom. The summed E-state index contributed by atoms with van der Waals surface area (Å²) >= 11 is 0. The number of hydrogen-bond donors (Lipinski definition) is 2. The molecule has 2 N–H and O–H groups in total. The Labute approximate surface area is 229 Å². The molecule has 2 atom stereocenters. The first kappa shape index (κ1) is 29.5. The van der Waals surface area contributed by atoms with E-state index in [1.165, 1.54) is 4.80 Å². The van der Waals surface area contributed by atoms with E-state index in [-0.39, 0.29) is 30.8 Å². The van der Waals surface area contributed by atoms with Crippen molar-refractivity contribution in [2.24, 2.45) is 11.8 Å². The van der Waals surface area contributed by atoms with Crippen molar-refractivity contribution in [2.75, 3.05) is 0 Å². The topological polar surface area (TPSA) is 128 Å². The number of nitrogens with zero attached hydrogens (tertiary/aromatic N) is 4. The standard InChI is InChI=1S/C29H38N6O4/c1-20(2)15-24(26(36)18-35-33-27(32-34-35)17-22-11-7-5-8-12-22)30-28(37)25(16-21(3)4)31-29(38)39-19-23-13-9-6-10-14-23/h5-14,20-21,24-25H,15-19H2,1-4H3,(H,30,37)(H,31,38)/t24-,25-/m0/s1. The normalized spacial score (nSPS) is 12.7. The van der Waals surface area contributed by atoms with Crippen LogP contribution in [-0.4, -0.2) is 50.1 Å². The molecule has 1 heterocycles. The zero-order valence-electron chi connectivity index (χ0n) is 23.0. The van der Waals surface area contributed by atoms with Crippen LogP contribution in [-0.2, 0) is 33.9 Å². The first-order chi connectivity index (χ1) is 18.7. The average Bonchev–Trinajstić information content (AvgIpc) is 3.33. The molecule has 0 saturated carbocycles. The Kier molecular flexibility index (Phi) is 11.1. The minimum atomic E-state index is -0.849. The number of ketones is 1. The fourth-order valence-corrected chi connectivity index (χ4v) is 4.07. The van der Waals surface area contributed by atoms with Crippen LogP contribution >= 0.6 is 0 Å². The molecule has 0 aliphatic rings. The van der Waals surface area contributed by atoms with E-state index < -0.39 is 24.1 Å². The largest absolute Gasteiger partial charge is 0.445 e. The summed E-state index contributed by atoms with van der Waals surface area (Å²) in [5, 5.41) is 17.9. The van der Waals surface area contributed by atoms with Gasteiger partial charge in [0.15, 0.2) is 11.6 Å². The average molecular weight is 535 g/mol. The van der Waals surface area contributed by atoms with Gasteiger partial charge in [-0.1, -0.05) is 88.4 Å². The van der Waals surface area contributed by atoms with Gasteiger partial charge in [-0.3, -0.25) is 9.59 Å². The molecular formula is C29H38N6O4. The molecule has 0 saturated heterocycles. The van der Waals surface area contributed by atoms with Gasteiger partial charge in [0.25, 0.3) is 0 Å². The van der Waals surface area contributed by atoms with E-state index in [1.807, 2.05) is 88.4 Å². The number of hydrogen-bond acceptors (Lipinski definition) is 7. The smallest absolute Gasteiger partial charge is 0.408 e. The number of carbonyl (C=O) groups excluding carboxylic acids is 3. The van der Waals surface area contributed by atoms with Gasteiger partial charge in [0, 0.05) is 6.42 Å². The van der Waals surface area contributed by atoms with Crippen molar-refractivity contribution < 1.29 is 19.1 Å². The molecule has 3 aromatic rings. The minimum Gasteiger partial charge on any atom is -0.445 e. The Bertz CT molecular complexity index is 1200. The second-order valence-electron chi connectivity index (χ2n) is 10.4. The summed E-state index contributed by atoms with van der Waals surface area (Å²) in [6.45, 7) is 7.83. The summed E-state index contributed by atoms with van der Waals surface area (Å²) in [4.78, 5) is 40.2. The van der Waals surface area contributed by atoms with Crippen LogP contribution in [0.1, 0.15) is 57.5 Å². The molecule has 208 valence electrons. The molecule has 0 spiro atoms. The lowest BCUT2D eigenvalue weighted by Gasteiger charge is -2.24. The highest BCUT2D eigenvalue weighted by molar-refractivity contribution is 5.92. The Morgan fingerprint density at radius 3 is 2.03 bits per heavy atom. The first-order valence-electron chi connectivity index (χ1n) is 13.3. The number of aromatic nitrogens is 4. The number of rotatable bonds is 14. The number of carbonyl (C=O) groups is 3. The first-order valence-corrected chi connectivity index (χ1v) is 13.3. The van der Waals surface area contributed by atoms with Crippen LogP contribution in [0, 0.1) is 11.8 Å². The summed E-state index contributed by atoms with van der Waals surface area (Å²) in [5.74, 6) is 0.0979. The third-order valence-corrected chi connectivity index (χ3v) is 5.94. The number of Topliss-reactive ketones (excluding diaryl/α,β-unsaturated/α-hetero) is 1. The maximum Gasteiger partial charge on any atom is 0.408 e. The number of benzene rings is 2. The Balaban J connectivity index is 1.61. The van der Waals surface area contributed by atoms with E-state index in [4.69, 9.17) is 4.74 Å². The molecule has 0 radical (unpaired) electrons. The molecule has 2 aromatic carbocycles. The van der Waals surface area contributed by atoms with Crippen LogP contribution in [0.4, 0.5) is 4.79 Å². The fourth-order valence-electron chi connectivity index (χ4n) is 4.07. The lowest BCUT2D eigenvalue weighted by Crippen LogP contribution is -2.52. The third-order valence-electron chi connectivity index (χ3n) is 5.94. The van der Waals surface area contributed by atoms with Crippen molar-refractivity contribution in [1.82, 2.24) is 30.8 Å². The molecule has 0 aliphatic carbocycles. The monoisotopic (exact) mass is 534 g/mol. The minimum absolute atomic E-state index is 0.0916. The summed E-state index contributed by atoms with van der Waals surface area (Å²) in [5.41, 5.74) is 1.88. The third kappa shape index (κ3) is 10.3. The predicted molar refractivity (Wildman–Crippen MR) is 146 cm³/mol. The molecule has 0 bridgehead atoms. The van der Waals surface area contributed by atoms with Crippen LogP contribution < -0.4 is 10.6 Å². The van der Waals surface area contributed by atoms with Gasteiger partial charge < -0.3 is 15.4 Å². The summed E-state index contributed by atoms with van der Waals surface area (Å²) in [7, 11) is 0. The van der Waals surface area contributed by atoms with Crippen LogP contribution in [0.2, 0.25) is 0 Å². The zero-order valence-corrected chi connectivity index (χ0v) is 23.0. The van der Waals surface area contributed by atoms with Crippen molar-refractivity contribution in [3.8, 4) is 0 Å².